The van der Waals surface area contributed by atoms with E-state index in [1.54, 1.807) is 13.3 Å². The van der Waals surface area contributed by atoms with E-state index in [0.717, 1.165) is 34.0 Å². The minimum absolute atomic E-state index is 0.246. The van der Waals surface area contributed by atoms with Gasteiger partial charge >= 0.3 is 0 Å². The van der Waals surface area contributed by atoms with Crippen molar-refractivity contribution >= 4 is 22.4 Å². The third kappa shape index (κ3) is 4.06. The lowest BCUT2D eigenvalue weighted by molar-refractivity contribution is 0.102. The zero-order valence-corrected chi connectivity index (χ0v) is 17.7. The van der Waals surface area contributed by atoms with Crippen molar-refractivity contribution in [1.29, 1.82) is 0 Å². The topological polar surface area (TPSA) is 77.0 Å². The average molecular weight is 417 g/mol. The molecule has 0 aliphatic heterocycles. The van der Waals surface area contributed by atoms with E-state index in [1.165, 1.54) is 11.3 Å². The Hall–Kier alpha value is -3.58. The Balaban J connectivity index is 1.63. The number of ether oxygens (including phenoxy) is 1. The number of amides is 1. The van der Waals surface area contributed by atoms with Gasteiger partial charge in [0.15, 0.2) is 5.13 Å². The molecule has 4 aromatic rings. The summed E-state index contributed by atoms with van der Waals surface area (Å²) in [7, 11) is 1.62. The third-order valence-electron chi connectivity index (χ3n) is 4.63. The maximum Gasteiger partial charge on any atom is 0.259 e. The van der Waals surface area contributed by atoms with E-state index in [2.05, 4.69) is 20.3 Å². The summed E-state index contributed by atoms with van der Waals surface area (Å²) in [5, 5.41) is 5.32. The van der Waals surface area contributed by atoms with Crippen molar-refractivity contribution in [3.05, 3.63) is 76.9 Å². The molecule has 3 aromatic heterocycles. The summed E-state index contributed by atoms with van der Waals surface area (Å²) in [6, 6.07) is 15.1. The van der Waals surface area contributed by atoms with E-state index < -0.39 is 0 Å². The summed E-state index contributed by atoms with van der Waals surface area (Å²) in [5.74, 6) is 0.502. The Bertz CT molecular complexity index is 1200. The molecule has 6 nitrogen and oxygen atoms in total. The number of carbonyl (C=O) groups excluding carboxylic acids is 1. The van der Waals surface area contributed by atoms with Gasteiger partial charge in [0.2, 0.25) is 0 Å². The Labute approximate surface area is 178 Å². The molecular formula is C23H20N4O2S. The van der Waals surface area contributed by atoms with Crippen molar-refractivity contribution in [2.24, 2.45) is 0 Å². The highest BCUT2D eigenvalue weighted by molar-refractivity contribution is 7.14. The number of aryl methyl sites for hydroxylation is 2. The monoisotopic (exact) mass is 416 g/mol. The molecule has 0 fully saturated rings. The van der Waals surface area contributed by atoms with Gasteiger partial charge in [-0.3, -0.25) is 20.1 Å². The van der Waals surface area contributed by atoms with Crippen LogP contribution in [0.4, 0.5) is 5.13 Å². The number of nitrogens with one attached hydrogen (secondary N) is 1. The zero-order chi connectivity index (χ0) is 21.1. The number of pyridine rings is 2. The van der Waals surface area contributed by atoms with Gasteiger partial charge in [-0.15, -0.1) is 11.3 Å². The fourth-order valence-electron chi connectivity index (χ4n) is 3.11. The summed E-state index contributed by atoms with van der Waals surface area (Å²) in [6.45, 7) is 3.83. The lowest BCUT2D eigenvalue weighted by atomic mass is 10.0. The molecule has 3 heterocycles. The Morgan fingerprint density at radius 3 is 2.53 bits per heavy atom. The van der Waals surface area contributed by atoms with E-state index in [0.29, 0.717) is 16.4 Å². The standard InChI is InChI=1S/C23H20N4O2S/c1-14-11-12-24-21(16-7-9-17(29-3)10-8-16)20(14)22(28)27-23-26-19(13-30-23)18-6-4-5-15(2)25-18/h4-13H,1-3H3,(H,26,27,28). The molecule has 150 valence electrons. The Morgan fingerprint density at radius 1 is 1.00 bits per heavy atom. The number of nitrogens with zero attached hydrogens (tertiary/aromatic N) is 3. The van der Waals surface area contributed by atoms with Crippen molar-refractivity contribution in [2.45, 2.75) is 13.8 Å². The quantitative estimate of drug-likeness (QED) is 0.487. The number of thiazole rings is 1. The largest absolute Gasteiger partial charge is 0.497 e. The SMILES string of the molecule is COc1ccc(-c2nccc(C)c2C(=O)Nc2nc(-c3cccc(C)n3)cs2)cc1. The molecule has 30 heavy (non-hydrogen) atoms. The van der Waals surface area contributed by atoms with Crippen LogP contribution in [-0.2, 0) is 0 Å². The highest BCUT2D eigenvalue weighted by Gasteiger charge is 2.19. The van der Waals surface area contributed by atoms with Crippen molar-refractivity contribution in [2.75, 3.05) is 12.4 Å². The number of hydrogen-bond acceptors (Lipinski definition) is 6. The van der Waals surface area contributed by atoms with E-state index in [1.807, 2.05) is 67.8 Å². The van der Waals surface area contributed by atoms with Crippen LogP contribution in [0.3, 0.4) is 0 Å². The van der Waals surface area contributed by atoms with E-state index in [4.69, 9.17) is 4.74 Å². The van der Waals surface area contributed by atoms with Gasteiger partial charge in [-0.05, 0) is 61.9 Å². The molecular weight excluding hydrogens is 396 g/mol. The predicted octanol–water partition coefficient (Wildman–Crippen LogP) is 5.14. The van der Waals surface area contributed by atoms with Crippen molar-refractivity contribution < 1.29 is 9.53 Å². The summed E-state index contributed by atoms with van der Waals surface area (Å²) in [6.07, 6.45) is 1.70. The number of benzene rings is 1. The molecule has 0 radical (unpaired) electrons. The first-order chi connectivity index (χ1) is 14.5. The van der Waals surface area contributed by atoms with Crippen LogP contribution in [0, 0.1) is 13.8 Å². The fraction of sp³-hybridized carbons (Fsp3) is 0.130. The highest BCUT2D eigenvalue weighted by atomic mass is 32.1. The highest BCUT2D eigenvalue weighted by Crippen LogP contribution is 2.28. The Kier molecular flexibility index (Phi) is 5.54. The summed E-state index contributed by atoms with van der Waals surface area (Å²) in [4.78, 5) is 26.6. The van der Waals surface area contributed by atoms with Gasteiger partial charge in [0.05, 0.1) is 24.1 Å². The van der Waals surface area contributed by atoms with Gasteiger partial charge in [-0.25, -0.2) is 4.98 Å². The molecule has 7 heteroatoms. The Morgan fingerprint density at radius 2 is 1.80 bits per heavy atom. The minimum Gasteiger partial charge on any atom is -0.497 e. The maximum absolute atomic E-state index is 13.1. The molecule has 0 atom stereocenters. The molecule has 0 saturated carbocycles. The second-order valence-electron chi connectivity index (χ2n) is 6.74. The van der Waals surface area contributed by atoms with Crippen LogP contribution >= 0.6 is 11.3 Å². The number of hydrogen-bond donors (Lipinski definition) is 1. The molecule has 0 saturated heterocycles. The lowest BCUT2D eigenvalue weighted by Gasteiger charge is -2.11. The molecule has 0 unspecified atom stereocenters. The first-order valence-electron chi connectivity index (χ1n) is 9.36. The van der Waals surface area contributed by atoms with Crippen LogP contribution < -0.4 is 10.1 Å². The van der Waals surface area contributed by atoms with Gasteiger partial charge in [0.25, 0.3) is 5.91 Å². The smallest absolute Gasteiger partial charge is 0.259 e. The normalized spacial score (nSPS) is 10.6. The average Bonchev–Trinajstić information content (AvgIpc) is 3.22. The molecule has 1 aromatic carbocycles. The van der Waals surface area contributed by atoms with Gasteiger partial charge in [0.1, 0.15) is 11.4 Å². The van der Waals surface area contributed by atoms with Crippen molar-refractivity contribution in [1.82, 2.24) is 15.0 Å². The number of rotatable bonds is 5. The number of carbonyl (C=O) groups is 1. The van der Waals surface area contributed by atoms with Crippen molar-refractivity contribution in [3.8, 4) is 28.4 Å². The summed E-state index contributed by atoms with van der Waals surface area (Å²) < 4.78 is 5.22. The van der Waals surface area contributed by atoms with Gasteiger partial charge in [-0.1, -0.05) is 6.07 Å². The summed E-state index contributed by atoms with van der Waals surface area (Å²) >= 11 is 1.37. The first kappa shape index (κ1) is 19.7. The van der Waals surface area contributed by atoms with Crippen LogP contribution in [0.2, 0.25) is 0 Å². The number of aromatic nitrogens is 3. The third-order valence-corrected chi connectivity index (χ3v) is 5.38. The first-order valence-corrected chi connectivity index (χ1v) is 10.2. The zero-order valence-electron chi connectivity index (χ0n) is 16.8. The molecule has 0 bridgehead atoms. The molecule has 0 aliphatic rings. The van der Waals surface area contributed by atoms with E-state index >= 15 is 0 Å². The number of methoxy groups -OCH3 is 1. The van der Waals surface area contributed by atoms with Crippen molar-refractivity contribution in [3.63, 3.8) is 0 Å². The second kappa shape index (κ2) is 8.42. The molecule has 0 spiro atoms. The predicted molar refractivity (Wildman–Crippen MR) is 119 cm³/mol. The van der Waals surface area contributed by atoms with Gasteiger partial charge in [-0.2, -0.15) is 0 Å². The minimum atomic E-state index is -0.246. The fourth-order valence-corrected chi connectivity index (χ4v) is 3.81. The molecule has 4 rings (SSSR count). The molecule has 0 aliphatic carbocycles. The van der Waals surface area contributed by atoms with Crippen LogP contribution in [-0.4, -0.2) is 28.0 Å². The van der Waals surface area contributed by atoms with Gasteiger partial charge < -0.3 is 4.74 Å². The number of anilines is 1. The molecule has 1 N–H and O–H groups in total. The maximum atomic E-state index is 13.1. The van der Waals surface area contributed by atoms with E-state index in [-0.39, 0.29) is 5.91 Å². The van der Waals surface area contributed by atoms with Crippen LogP contribution in [0.15, 0.2) is 60.1 Å². The van der Waals surface area contributed by atoms with Crippen LogP contribution in [0.1, 0.15) is 21.6 Å². The molecule has 1 amide bonds. The van der Waals surface area contributed by atoms with Crippen LogP contribution in [0.25, 0.3) is 22.6 Å². The van der Waals surface area contributed by atoms with E-state index in [9.17, 15) is 4.79 Å². The van der Waals surface area contributed by atoms with Gasteiger partial charge in [0, 0.05) is 22.8 Å². The summed E-state index contributed by atoms with van der Waals surface area (Å²) in [5.41, 5.74) is 5.25. The second-order valence-corrected chi connectivity index (χ2v) is 7.59. The lowest BCUT2D eigenvalue weighted by Crippen LogP contribution is -2.15. The van der Waals surface area contributed by atoms with Crippen LogP contribution in [0.5, 0.6) is 5.75 Å².